The highest BCUT2D eigenvalue weighted by Crippen LogP contribution is 2.03. The van der Waals surface area contributed by atoms with Crippen LogP contribution in [0.4, 0.5) is 5.69 Å². The minimum atomic E-state index is -0.515. The van der Waals surface area contributed by atoms with Gasteiger partial charge in [-0.2, -0.15) is 0 Å². The Morgan fingerprint density at radius 3 is 3.17 bits per heavy atom. The fourth-order valence-corrected chi connectivity index (χ4v) is 0.608. The summed E-state index contributed by atoms with van der Waals surface area (Å²) in [6.07, 6.45) is 1.08. The Morgan fingerprint density at radius 2 is 2.58 bits per heavy atom. The van der Waals surface area contributed by atoms with E-state index in [9.17, 15) is 4.79 Å². The Kier molecular flexibility index (Phi) is 2.90. The quantitative estimate of drug-likeness (QED) is 0.541. The summed E-state index contributed by atoms with van der Waals surface area (Å²) >= 11 is 0. The second-order valence-corrected chi connectivity index (χ2v) is 2.02. The van der Waals surface area contributed by atoms with Gasteiger partial charge in [0.15, 0.2) is 0 Å². The van der Waals surface area contributed by atoms with Crippen molar-refractivity contribution in [2.45, 2.75) is 0 Å². The average Bonchev–Trinajstić information content (AvgIpc) is 2.16. The second kappa shape index (κ2) is 4.18. The highest BCUT2D eigenvalue weighted by Gasteiger charge is 1.94. The molecule has 0 bridgehead atoms. The van der Waals surface area contributed by atoms with Crippen molar-refractivity contribution in [1.82, 2.24) is 0 Å². The zero-order valence-corrected chi connectivity index (χ0v) is 6.41. The molecule has 1 radical (unpaired) electrons. The fraction of sp³-hybridized carbons (Fsp3) is 0. The lowest BCUT2D eigenvalue weighted by molar-refractivity contribution is -0.134. The third-order valence-electron chi connectivity index (χ3n) is 1.14. The molecule has 3 nitrogen and oxygen atoms in total. The number of anilines is 1. The molecule has 0 heterocycles. The average molecular weight is 162 g/mol. The highest BCUT2D eigenvalue weighted by atomic mass is 16.7. The fourth-order valence-electron chi connectivity index (χ4n) is 0.608. The molecule has 0 fully saturated rings. The highest BCUT2D eigenvalue weighted by molar-refractivity contribution is 5.81. The van der Waals surface area contributed by atoms with Crippen LogP contribution in [0, 0.1) is 6.07 Å². The van der Waals surface area contributed by atoms with Crippen molar-refractivity contribution in [3.63, 3.8) is 0 Å². The molecule has 1 N–H and O–H groups in total. The number of nitrogens with one attached hydrogen (secondary N) is 1. The molecule has 0 unspecified atom stereocenters. The second-order valence-electron chi connectivity index (χ2n) is 2.02. The standard InChI is InChI=1S/C9H8NO2/c1-2-9(11)12-10-8-6-4-3-5-7-8/h2-4,6-7,10H,1H2. The summed E-state index contributed by atoms with van der Waals surface area (Å²) in [5.41, 5.74) is 3.12. The van der Waals surface area contributed by atoms with E-state index in [1.165, 1.54) is 0 Å². The number of benzene rings is 1. The van der Waals surface area contributed by atoms with E-state index in [-0.39, 0.29) is 0 Å². The van der Waals surface area contributed by atoms with Crippen LogP contribution in [0.2, 0.25) is 0 Å². The van der Waals surface area contributed by atoms with Gasteiger partial charge in [-0.3, -0.25) is 0 Å². The minimum absolute atomic E-state index is 0.515. The number of rotatable bonds is 3. The Bertz CT molecular complexity index is 269. The first-order valence-electron chi connectivity index (χ1n) is 3.38. The maximum Gasteiger partial charge on any atom is 0.355 e. The van der Waals surface area contributed by atoms with E-state index in [2.05, 4.69) is 23.0 Å². The predicted octanol–water partition coefficient (Wildman–Crippen LogP) is 1.54. The number of carbonyl (C=O) groups is 1. The summed E-state index contributed by atoms with van der Waals surface area (Å²) in [7, 11) is 0. The molecule has 3 heteroatoms. The molecule has 0 spiro atoms. The number of carbonyl (C=O) groups excluding carboxylic acids is 1. The summed E-state index contributed by atoms with van der Waals surface area (Å²) in [6, 6.07) is 9.78. The molecule has 1 rings (SSSR count). The van der Waals surface area contributed by atoms with Gasteiger partial charge < -0.3 is 4.84 Å². The van der Waals surface area contributed by atoms with E-state index in [1.807, 2.05) is 0 Å². The van der Waals surface area contributed by atoms with Gasteiger partial charge in [-0.05, 0) is 18.2 Å². The van der Waals surface area contributed by atoms with Crippen molar-refractivity contribution in [3.05, 3.63) is 43.0 Å². The van der Waals surface area contributed by atoms with Crippen LogP contribution in [0.5, 0.6) is 0 Å². The lowest BCUT2D eigenvalue weighted by Crippen LogP contribution is -2.06. The van der Waals surface area contributed by atoms with Crippen LogP contribution in [0.15, 0.2) is 36.9 Å². The van der Waals surface area contributed by atoms with E-state index in [1.54, 1.807) is 24.3 Å². The molecule has 0 aliphatic carbocycles. The molecule has 0 atom stereocenters. The molecule has 0 saturated heterocycles. The maximum atomic E-state index is 10.6. The smallest absolute Gasteiger partial charge is 0.339 e. The van der Waals surface area contributed by atoms with Gasteiger partial charge >= 0.3 is 5.97 Å². The van der Waals surface area contributed by atoms with Gasteiger partial charge in [0, 0.05) is 6.08 Å². The third-order valence-corrected chi connectivity index (χ3v) is 1.14. The first kappa shape index (κ1) is 8.33. The third kappa shape index (κ3) is 2.46. The summed E-state index contributed by atoms with van der Waals surface area (Å²) < 4.78 is 0. The van der Waals surface area contributed by atoms with Crippen molar-refractivity contribution in [3.8, 4) is 0 Å². The van der Waals surface area contributed by atoms with Crippen molar-refractivity contribution < 1.29 is 9.63 Å². The molecule has 61 valence electrons. The topological polar surface area (TPSA) is 38.3 Å². The zero-order chi connectivity index (χ0) is 8.81. The first-order valence-corrected chi connectivity index (χ1v) is 3.38. The zero-order valence-electron chi connectivity index (χ0n) is 6.41. The normalized spacial score (nSPS) is 8.67. The summed E-state index contributed by atoms with van der Waals surface area (Å²) in [4.78, 5) is 15.1. The Labute approximate surface area is 70.6 Å². The van der Waals surface area contributed by atoms with Gasteiger partial charge in [0.1, 0.15) is 0 Å². The van der Waals surface area contributed by atoms with Gasteiger partial charge in [0.05, 0.1) is 5.69 Å². The summed E-state index contributed by atoms with van der Waals surface area (Å²) in [5, 5.41) is 0. The Balaban J connectivity index is 2.43. The van der Waals surface area contributed by atoms with Crippen molar-refractivity contribution in [1.29, 1.82) is 0 Å². The van der Waals surface area contributed by atoms with Gasteiger partial charge in [0.2, 0.25) is 0 Å². The molecule has 0 aliphatic rings. The molecule has 0 amide bonds. The van der Waals surface area contributed by atoms with Crippen LogP contribution in [0.1, 0.15) is 0 Å². The molecule has 0 aromatic heterocycles. The number of hydrogen-bond acceptors (Lipinski definition) is 3. The number of hydrogen-bond donors (Lipinski definition) is 1. The van der Waals surface area contributed by atoms with Crippen LogP contribution in [0.3, 0.4) is 0 Å². The summed E-state index contributed by atoms with van der Waals surface area (Å²) in [5.74, 6) is -0.515. The van der Waals surface area contributed by atoms with Crippen LogP contribution in [0.25, 0.3) is 0 Å². The van der Waals surface area contributed by atoms with Crippen LogP contribution in [-0.4, -0.2) is 5.97 Å². The van der Waals surface area contributed by atoms with Crippen LogP contribution < -0.4 is 5.48 Å². The SMILES string of the molecule is C=CC(=O)ONc1c[c]ccc1. The monoisotopic (exact) mass is 162 g/mol. The molecule has 0 aliphatic heterocycles. The molecule has 1 aromatic rings. The van der Waals surface area contributed by atoms with Crippen LogP contribution in [-0.2, 0) is 9.63 Å². The van der Waals surface area contributed by atoms with E-state index < -0.39 is 5.97 Å². The van der Waals surface area contributed by atoms with Gasteiger partial charge in [-0.1, -0.05) is 18.7 Å². The van der Waals surface area contributed by atoms with Gasteiger partial charge in [-0.25, -0.2) is 10.3 Å². The van der Waals surface area contributed by atoms with Crippen molar-refractivity contribution in [2.75, 3.05) is 5.48 Å². The first-order chi connectivity index (χ1) is 5.83. The molecule has 1 aromatic carbocycles. The van der Waals surface area contributed by atoms with Crippen LogP contribution >= 0.6 is 0 Å². The molecular formula is C9H8NO2. The Morgan fingerprint density at radius 1 is 1.75 bits per heavy atom. The van der Waals surface area contributed by atoms with Crippen molar-refractivity contribution in [2.24, 2.45) is 0 Å². The maximum absolute atomic E-state index is 10.6. The van der Waals surface area contributed by atoms with E-state index in [0.29, 0.717) is 5.69 Å². The summed E-state index contributed by atoms with van der Waals surface area (Å²) in [6.45, 7) is 3.25. The molecule has 12 heavy (non-hydrogen) atoms. The van der Waals surface area contributed by atoms with E-state index >= 15 is 0 Å². The van der Waals surface area contributed by atoms with Crippen molar-refractivity contribution >= 4 is 11.7 Å². The van der Waals surface area contributed by atoms with Gasteiger partial charge in [-0.15, -0.1) is 0 Å². The van der Waals surface area contributed by atoms with Gasteiger partial charge in [0.25, 0.3) is 0 Å². The Hall–Kier alpha value is -1.77. The van der Waals surface area contributed by atoms with E-state index in [0.717, 1.165) is 6.08 Å². The largest absolute Gasteiger partial charge is 0.355 e. The van der Waals surface area contributed by atoms with E-state index in [4.69, 9.17) is 0 Å². The lowest BCUT2D eigenvalue weighted by atomic mass is 10.3. The minimum Gasteiger partial charge on any atom is -0.339 e. The molecule has 0 saturated carbocycles. The molecular weight excluding hydrogens is 154 g/mol. The lowest BCUT2D eigenvalue weighted by Gasteiger charge is -2.02. The predicted molar refractivity (Wildman–Crippen MR) is 45.2 cm³/mol.